The standard InChI is InChI=1S/C19H21N5O3/c25-11-15-19(27)18(26)14(21-15)10-24-17(12-5-2-1-3-6-12)16(22-23-24)13-7-4-8-20-9-13/h1-9,14-15,18-19,21,25-27H,10-11H2/t14-,15-,18-,19-/m1/s1. The average molecular weight is 367 g/mol. The first-order valence-corrected chi connectivity index (χ1v) is 8.81. The molecule has 0 bridgehead atoms. The molecule has 8 heteroatoms. The molecule has 2 aromatic heterocycles. The molecule has 1 aliphatic rings. The maximum atomic E-state index is 10.3. The summed E-state index contributed by atoms with van der Waals surface area (Å²) in [6.45, 7) is 0.0464. The first-order valence-electron chi connectivity index (χ1n) is 8.81. The van der Waals surface area contributed by atoms with Crippen LogP contribution in [0.4, 0.5) is 0 Å². The molecule has 3 heterocycles. The van der Waals surface area contributed by atoms with Gasteiger partial charge in [-0.25, -0.2) is 4.68 Å². The highest BCUT2D eigenvalue weighted by molar-refractivity contribution is 5.77. The summed E-state index contributed by atoms with van der Waals surface area (Å²) in [6, 6.07) is 12.5. The summed E-state index contributed by atoms with van der Waals surface area (Å²) in [4.78, 5) is 4.16. The van der Waals surface area contributed by atoms with E-state index >= 15 is 0 Å². The number of aromatic nitrogens is 4. The van der Waals surface area contributed by atoms with Crippen LogP contribution in [0.25, 0.3) is 22.5 Å². The number of rotatable bonds is 5. The molecule has 1 fully saturated rings. The molecule has 3 aromatic rings. The fourth-order valence-corrected chi connectivity index (χ4v) is 3.48. The van der Waals surface area contributed by atoms with Crippen LogP contribution in [-0.4, -0.2) is 66.2 Å². The first kappa shape index (κ1) is 17.7. The lowest BCUT2D eigenvalue weighted by Crippen LogP contribution is -2.38. The van der Waals surface area contributed by atoms with Crippen molar-refractivity contribution in [2.45, 2.75) is 30.8 Å². The normalized spacial score (nSPS) is 25.0. The van der Waals surface area contributed by atoms with E-state index in [0.29, 0.717) is 12.2 Å². The third-order valence-electron chi connectivity index (χ3n) is 4.89. The van der Waals surface area contributed by atoms with Gasteiger partial charge in [0.2, 0.25) is 0 Å². The lowest BCUT2D eigenvalue weighted by atomic mass is 10.0. The smallest absolute Gasteiger partial charge is 0.122 e. The van der Waals surface area contributed by atoms with Crippen molar-refractivity contribution in [2.24, 2.45) is 0 Å². The van der Waals surface area contributed by atoms with E-state index in [1.807, 2.05) is 42.5 Å². The highest BCUT2D eigenvalue weighted by Gasteiger charge is 2.41. The van der Waals surface area contributed by atoms with Crippen LogP contribution in [0.2, 0.25) is 0 Å². The summed E-state index contributed by atoms with van der Waals surface area (Å²) < 4.78 is 1.71. The zero-order valence-corrected chi connectivity index (χ0v) is 14.6. The molecule has 27 heavy (non-hydrogen) atoms. The van der Waals surface area contributed by atoms with Crippen molar-refractivity contribution >= 4 is 0 Å². The summed E-state index contributed by atoms with van der Waals surface area (Å²) in [7, 11) is 0. The van der Waals surface area contributed by atoms with Gasteiger partial charge >= 0.3 is 0 Å². The van der Waals surface area contributed by atoms with Crippen molar-refractivity contribution in [3.8, 4) is 22.5 Å². The second-order valence-corrected chi connectivity index (χ2v) is 6.62. The van der Waals surface area contributed by atoms with Crippen LogP contribution < -0.4 is 5.32 Å². The molecule has 4 rings (SSSR count). The number of nitrogens with zero attached hydrogens (tertiary/aromatic N) is 4. The van der Waals surface area contributed by atoms with E-state index < -0.39 is 24.3 Å². The van der Waals surface area contributed by atoms with Gasteiger partial charge in [0, 0.05) is 23.5 Å². The number of benzene rings is 1. The molecule has 140 valence electrons. The number of nitrogens with one attached hydrogen (secondary N) is 1. The van der Waals surface area contributed by atoms with E-state index in [0.717, 1.165) is 16.8 Å². The van der Waals surface area contributed by atoms with E-state index in [1.165, 1.54) is 0 Å². The minimum atomic E-state index is -1.03. The number of hydrogen-bond acceptors (Lipinski definition) is 7. The van der Waals surface area contributed by atoms with Gasteiger partial charge in [0.05, 0.1) is 43.1 Å². The molecule has 0 amide bonds. The van der Waals surface area contributed by atoms with Gasteiger partial charge in [-0.15, -0.1) is 5.10 Å². The Morgan fingerprint density at radius 2 is 1.70 bits per heavy atom. The second-order valence-electron chi connectivity index (χ2n) is 6.62. The van der Waals surface area contributed by atoms with Crippen LogP contribution in [0.5, 0.6) is 0 Å². The molecule has 0 aliphatic carbocycles. The van der Waals surface area contributed by atoms with Crippen molar-refractivity contribution in [2.75, 3.05) is 6.61 Å². The van der Waals surface area contributed by atoms with Crippen molar-refractivity contribution in [3.05, 3.63) is 54.9 Å². The predicted octanol–water partition coefficient (Wildman–Crippen LogP) is 0.0616. The Labute approximate surface area is 156 Å². The van der Waals surface area contributed by atoms with Gasteiger partial charge in [0.1, 0.15) is 5.69 Å². The van der Waals surface area contributed by atoms with Crippen LogP contribution >= 0.6 is 0 Å². The fourth-order valence-electron chi connectivity index (χ4n) is 3.48. The predicted molar refractivity (Wildman–Crippen MR) is 98.5 cm³/mol. The number of hydrogen-bond donors (Lipinski definition) is 4. The number of aliphatic hydroxyl groups is 3. The molecule has 0 radical (unpaired) electrons. The molecule has 1 aromatic carbocycles. The van der Waals surface area contributed by atoms with Crippen molar-refractivity contribution in [1.82, 2.24) is 25.3 Å². The maximum Gasteiger partial charge on any atom is 0.122 e. The van der Waals surface area contributed by atoms with Crippen molar-refractivity contribution < 1.29 is 15.3 Å². The van der Waals surface area contributed by atoms with E-state index in [-0.39, 0.29) is 6.61 Å². The summed E-state index contributed by atoms with van der Waals surface area (Å²) in [5, 5.41) is 41.4. The summed E-state index contributed by atoms with van der Waals surface area (Å²) in [6.07, 6.45) is 1.40. The maximum absolute atomic E-state index is 10.3. The lowest BCUT2D eigenvalue weighted by Gasteiger charge is -2.17. The van der Waals surface area contributed by atoms with Crippen molar-refractivity contribution in [3.63, 3.8) is 0 Å². The molecule has 8 nitrogen and oxygen atoms in total. The minimum absolute atomic E-state index is 0.251. The van der Waals surface area contributed by atoms with Crippen LogP contribution in [0, 0.1) is 0 Å². The van der Waals surface area contributed by atoms with Gasteiger partial charge in [-0.2, -0.15) is 0 Å². The second kappa shape index (κ2) is 7.53. The fraction of sp³-hybridized carbons (Fsp3) is 0.316. The Morgan fingerprint density at radius 1 is 0.963 bits per heavy atom. The van der Waals surface area contributed by atoms with Crippen molar-refractivity contribution in [1.29, 1.82) is 0 Å². The topological polar surface area (TPSA) is 116 Å². The molecule has 4 atom stereocenters. The van der Waals surface area contributed by atoms with Gasteiger partial charge in [0.25, 0.3) is 0 Å². The zero-order chi connectivity index (χ0) is 18.8. The third-order valence-corrected chi connectivity index (χ3v) is 4.89. The number of pyridine rings is 1. The third kappa shape index (κ3) is 3.35. The van der Waals surface area contributed by atoms with Crippen LogP contribution in [0.15, 0.2) is 54.9 Å². The molecule has 0 saturated carbocycles. The highest BCUT2D eigenvalue weighted by Crippen LogP contribution is 2.30. The zero-order valence-electron chi connectivity index (χ0n) is 14.6. The van der Waals surface area contributed by atoms with E-state index in [2.05, 4.69) is 20.6 Å². The van der Waals surface area contributed by atoms with Crippen LogP contribution in [0.1, 0.15) is 0 Å². The summed E-state index contributed by atoms with van der Waals surface area (Å²) in [5.41, 5.74) is 3.28. The average Bonchev–Trinajstić information content (AvgIpc) is 3.26. The van der Waals surface area contributed by atoms with E-state index in [1.54, 1.807) is 17.1 Å². The first-order chi connectivity index (χ1) is 13.2. The quantitative estimate of drug-likeness (QED) is 0.504. The lowest BCUT2D eigenvalue weighted by molar-refractivity contribution is 0.0176. The molecule has 1 saturated heterocycles. The summed E-state index contributed by atoms with van der Waals surface area (Å²) in [5.74, 6) is 0. The molecule has 0 spiro atoms. The Morgan fingerprint density at radius 3 is 2.37 bits per heavy atom. The van der Waals surface area contributed by atoms with Crippen LogP contribution in [0.3, 0.4) is 0 Å². The Hall–Kier alpha value is -2.65. The molecule has 0 unspecified atom stereocenters. The monoisotopic (exact) mass is 367 g/mol. The van der Waals surface area contributed by atoms with Gasteiger partial charge in [-0.05, 0) is 12.1 Å². The van der Waals surface area contributed by atoms with Crippen LogP contribution in [-0.2, 0) is 6.54 Å². The van der Waals surface area contributed by atoms with Gasteiger partial charge in [0.15, 0.2) is 0 Å². The summed E-state index contributed by atoms with van der Waals surface area (Å²) >= 11 is 0. The SMILES string of the molecule is OC[C@H]1N[C@H](Cn2nnc(-c3cccnc3)c2-c2ccccc2)[C@@H](O)[C@@H]1O. The Kier molecular flexibility index (Phi) is 4.95. The van der Waals surface area contributed by atoms with E-state index in [9.17, 15) is 15.3 Å². The minimum Gasteiger partial charge on any atom is -0.395 e. The number of aliphatic hydroxyl groups excluding tert-OH is 3. The Balaban J connectivity index is 1.73. The molecule has 1 aliphatic heterocycles. The largest absolute Gasteiger partial charge is 0.395 e. The highest BCUT2D eigenvalue weighted by atomic mass is 16.3. The van der Waals surface area contributed by atoms with Gasteiger partial charge in [-0.3, -0.25) is 4.98 Å². The van der Waals surface area contributed by atoms with Gasteiger partial charge < -0.3 is 20.6 Å². The molecular formula is C19H21N5O3. The Bertz CT molecular complexity index is 887. The molecular weight excluding hydrogens is 346 g/mol. The molecule has 4 N–H and O–H groups in total. The van der Waals surface area contributed by atoms with Gasteiger partial charge in [-0.1, -0.05) is 35.5 Å². The van der Waals surface area contributed by atoms with E-state index in [4.69, 9.17) is 0 Å².